The Balaban J connectivity index is 2.28. The van der Waals surface area contributed by atoms with Crippen LogP contribution in [0.1, 0.15) is 49.9 Å². The number of hydrogen-bond acceptors (Lipinski definition) is 4. The van der Waals surface area contributed by atoms with E-state index in [-0.39, 0.29) is 17.1 Å². The lowest BCUT2D eigenvalue weighted by Gasteiger charge is -2.39. The molecule has 0 aliphatic heterocycles. The van der Waals surface area contributed by atoms with Crippen molar-refractivity contribution in [1.29, 1.82) is 0 Å². The molecule has 1 aromatic carbocycles. The maximum absolute atomic E-state index is 11.1. The third-order valence-corrected chi connectivity index (χ3v) is 4.19. The average molecular weight is 276 g/mol. The first kappa shape index (κ1) is 14.5. The first-order chi connectivity index (χ1) is 9.44. The summed E-state index contributed by atoms with van der Waals surface area (Å²) in [6.45, 7) is 4.38. The first-order valence-corrected chi connectivity index (χ1v) is 6.94. The van der Waals surface area contributed by atoms with Gasteiger partial charge in [0.1, 0.15) is 12.0 Å². The predicted octanol–water partition coefficient (Wildman–Crippen LogP) is 3.79. The lowest BCUT2D eigenvalue weighted by molar-refractivity contribution is -0.384. The highest BCUT2D eigenvalue weighted by Gasteiger charge is 2.33. The second kappa shape index (κ2) is 5.61. The fourth-order valence-corrected chi connectivity index (χ4v) is 2.84. The van der Waals surface area contributed by atoms with Gasteiger partial charge in [-0.05, 0) is 30.4 Å². The van der Waals surface area contributed by atoms with Gasteiger partial charge in [-0.15, -0.1) is 0 Å². The van der Waals surface area contributed by atoms with Gasteiger partial charge in [-0.3, -0.25) is 14.9 Å². The Morgan fingerprint density at radius 1 is 1.40 bits per heavy atom. The van der Waals surface area contributed by atoms with Crippen LogP contribution in [-0.2, 0) is 0 Å². The van der Waals surface area contributed by atoms with Crippen LogP contribution >= 0.6 is 0 Å². The van der Waals surface area contributed by atoms with E-state index in [1.165, 1.54) is 12.5 Å². The second-order valence-electron chi connectivity index (χ2n) is 6.08. The number of nitrogens with zero attached hydrogens (tertiary/aromatic N) is 1. The number of hydrogen-bond donors (Lipinski definition) is 1. The molecular formula is C15H20N2O3. The molecule has 0 bridgehead atoms. The van der Waals surface area contributed by atoms with E-state index in [1.54, 1.807) is 12.1 Å². The summed E-state index contributed by atoms with van der Waals surface area (Å²) in [7, 11) is 0. The third-order valence-electron chi connectivity index (χ3n) is 4.19. The molecular weight excluding hydrogens is 256 g/mol. The summed E-state index contributed by atoms with van der Waals surface area (Å²) < 4.78 is 0. The predicted molar refractivity (Wildman–Crippen MR) is 78.1 cm³/mol. The Kier molecular flexibility index (Phi) is 4.06. The van der Waals surface area contributed by atoms with E-state index in [1.807, 2.05) is 0 Å². The Hall–Kier alpha value is -1.91. The molecule has 0 aromatic heterocycles. The molecule has 0 saturated heterocycles. The van der Waals surface area contributed by atoms with E-state index < -0.39 is 4.92 Å². The molecule has 5 heteroatoms. The number of anilines is 1. The molecule has 1 N–H and O–H groups in total. The lowest BCUT2D eigenvalue weighted by Crippen LogP contribution is -2.39. The monoisotopic (exact) mass is 276 g/mol. The van der Waals surface area contributed by atoms with Gasteiger partial charge in [-0.1, -0.05) is 26.7 Å². The van der Waals surface area contributed by atoms with E-state index in [0.29, 0.717) is 17.5 Å². The Morgan fingerprint density at radius 2 is 2.15 bits per heavy atom. The van der Waals surface area contributed by atoms with Crippen molar-refractivity contribution in [2.75, 3.05) is 5.32 Å². The number of nitro benzene ring substituents is 1. The van der Waals surface area contributed by atoms with Crippen molar-refractivity contribution >= 4 is 17.7 Å². The van der Waals surface area contributed by atoms with Crippen LogP contribution in [0.2, 0.25) is 0 Å². The largest absolute Gasteiger partial charge is 0.376 e. The van der Waals surface area contributed by atoms with Gasteiger partial charge >= 0.3 is 0 Å². The summed E-state index contributed by atoms with van der Waals surface area (Å²) in [4.78, 5) is 21.4. The molecule has 1 aliphatic rings. The van der Waals surface area contributed by atoms with Crippen LogP contribution in [0.3, 0.4) is 0 Å². The SMILES string of the molecule is CC1(C)CCCCC1Nc1ccc(C=O)cc1[N+](=O)[O-]. The summed E-state index contributed by atoms with van der Waals surface area (Å²) >= 11 is 0. The molecule has 0 heterocycles. The molecule has 1 unspecified atom stereocenters. The van der Waals surface area contributed by atoms with Crippen LogP contribution in [-0.4, -0.2) is 17.3 Å². The van der Waals surface area contributed by atoms with Gasteiger partial charge in [0, 0.05) is 17.7 Å². The van der Waals surface area contributed by atoms with Crippen molar-refractivity contribution in [1.82, 2.24) is 0 Å². The molecule has 5 nitrogen and oxygen atoms in total. The van der Waals surface area contributed by atoms with Crippen molar-refractivity contribution in [3.8, 4) is 0 Å². The van der Waals surface area contributed by atoms with Gasteiger partial charge in [0.15, 0.2) is 0 Å². The summed E-state index contributed by atoms with van der Waals surface area (Å²) in [6.07, 6.45) is 5.10. The van der Waals surface area contributed by atoms with Crippen molar-refractivity contribution < 1.29 is 9.72 Å². The van der Waals surface area contributed by atoms with Crippen molar-refractivity contribution in [2.45, 2.75) is 45.6 Å². The molecule has 0 radical (unpaired) electrons. The summed E-state index contributed by atoms with van der Waals surface area (Å²) in [6, 6.07) is 4.78. The molecule has 1 aliphatic carbocycles. The number of aldehydes is 1. The van der Waals surface area contributed by atoms with Crippen molar-refractivity contribution in [3.05, 3.63) is 33.9 Å². The van der Waals surface area contributed by atoms with Gasteiger partial charge in [0.05, 0.1) is 4.92 Å². The van der Waals surface area contributed by atoms with E-state index >= 15 is 0 Å². The van der Waals surface area contributed by atoms with E-state index in [9.17, 15) is 14.9 Å². The Bertz CT molecular complexity index is 526. The molecule has 1 fully saturated rings. The summed E-state index contributed by atoms with van der Waals surface area (Å²) in [5.74, 6) is 0. The highest BCUT2D eigenvalue weighted by Crippen LogP contribution is 2.38. The van der Waals surface area contributed by atoms with Gasteiger partial charge in [-0.2, -0.15) is 0 Å². The van der Waals surface area contributed by atoms with Gasteiger partial charge < -0.3 is 5.32 Å². The summed E-state index contributed by atoms with van der Waals surface area (Å²) in [5.41, 5.74) is 0.914. The van der Waals surface area contributed by atoms with Crippen LogP contribution in [0.15, 0.2) is 18.2 Å². The maximum Gasteiger partial charge on any atom is 0.293 e. The highest BCUT2D eigenvalue weighted by molar-refractivity contribution is 5.79. The first-order valence-electron chi connectivity index (χ1n) is 6.94. The maximum atomic E-state index is 11.1. The number of rotatable bonds is 4. The van der Waals surface area contributed by atoms with Crippen LogP contribution in [0.4, 0.5) is 11.4 Å². The fraction of sp³-hybridized carbons (Fsp3) is 0.533. The molecule has 108 valence electrons. The average Bonchev–Trinajstić information content (AvgIpc) is 2.41. The summed E-state index contributed by atoms with van der Waals surface area (Å²) in [5, 5.41) is 14.5. The second-order valence-corrected chi connectivity index (χ2v) is 6.08. The van der Waals surface area contributed by atoms with E-state index in [2.05, 4.69) is 19.2 Å². The highest BCUT2D eigenvalue weighted by atomic mass is 16.6. The zero-order valence-electron chi connectivity index (χ0n) is 11.9. The van der Waals surface area contributed by atoms with E-state index in [0.717, 1.165) is 19.3 Å². The smallest absolute Gasteiger partial charge is 0.293 e. The normalized spacial score (nSPS) is 21.2. The lowest BCUT2D eigenvalue weighted by atomic mass is 9.73. The zero-order valence-corrected chi connectivity index (χ0v) is 11.9. The third kappa shape index (κ3) is 2.98. The minimum Gasteiger partial charge on any atom is -0.376 e. The standard InChI is InChI=1S/C15H20N2O3/c1-15(2)8-4-3-5-14(15)16-12-7-6-11(10-18)9-13(12)17(19)20/h6-7,9-10,14,16H,3-5,8H2,1-2H3. The molecule has 2 rings (SSSR count). The molecule has 1 aromatic rings. The Morgan fingerprint density at radius 3 is 2.75 bits per heavy atom. The fourth-order valence-electron chi connectivity index (χ4n) is 2.84. The molecule has 20 heavy (non-hydrogen) atoms. The van der Waals surface area contributed by atoms with Crippen LogP contribution in [0, 0.1) is 15.5 Å². The number of nitrogens with one attached hydrogen (secondary N) is 1. The van der Waals surface area contributed by atoms with E-state index in [4.69, 9.17) is 0 Å². The van der Waals surface area contributed by atoms with Gasteiger partial charge in [0.25, 0.3) is 5.69 Å². The van der Waals surface area contributed by atoms with Crippen LogP contribution in [0.25, 0.3) is 0 Å². The minimum absolute atomic E-state index is 0.0315. The van der Waals surface area contributed by atoms with Crippen molar-refractivity contribution in [2.24, 2.45) is 5.41 Å². The van der Waals surface area contributed by atoms with Crippen LogP contribution < -0.4 is 5.32 Å². The minimum atomic E-state index is -0.439. The van der Waals surface area contributed by atoms with Crippen molar-refractivity contribution in [3.63, 3.8) is 0 Å². The molecule has 0 spiro atoms. The van der Waals surface area contributed by atoms with Gasteiger partial charge in [0.2, 0.25) is 0 Å². The Labute approximate surface area is 118 Å². The zero-order chi connectivity index (χ0) is 14.8. The number of carbonyl (C=O) groups is 1. The number of nitro groups is 1. The topological polar surface area (TPSA) is 72.2 Å². The molecule has 1 saturated carbocycles. The number of carbonyl (C=O) groups excluding carboxylic acids is 1. The van der Waals surface area contributed by atoms with Crippen LogP contribution in [0.5, 0.6) is 0 Å². The number of benzene rings is 1. The van der Waals surface area contributed by atoms with Gasteiger partial charge in [-0.25, -0.2) is 0 Å². The molecule has 1 atom stereocenters. The molecule has 0 amide bonds. The quantitative estimate of drug-likeness (QED) is 0.516.